The summed E-state index contributed by atoms with van der Waals surface area (Å²) in [5.41, 5.74) is 0.788. The van der Waals surface area contributed by atoms with Crippen molar-refractivity contribution in [1.29, 1.82) is 0 Å². The molecule has 1 aromatic rings. The Kier molecular flexibility index (Phi) is 7.74. The summed E-state index contributed by atoms with van der Waals surface area (Å²) in [6, 6.07) is 6.83. The number of anilines is 1. The fraction of sp³-hybridized carbons (Fsp3) is 0.579. The smallest absolute Gasteiger partial charge is 0.249 e. The highest BCUT2D eigenvalue weighted by Crippen LogP contribution is 2.25. The third kappa shape index (κ3) is 5.12. The Labute approximate surface area is 166 Å². The molecule has 3 atom stereocenters. The maximum Gasteiger partial charge on any atom is 0.249 e. The summed E-state index contributed by atoms with van der Waals surface area (Å²) in [4.78, 5) is 26.7. The zero-order chi connectivity index (χ0) is 17.8. The molecule has 5 nitrogen and oxygen atoms in total. The molecular formula is C19H27Cl2N3O2. The average molecular weight is 400 g/mol. The van der Waals surface area contributed by atoms with Crippen LogP contribution < -0.4 is 15.5 Å². The van der Waals surface area contributed by atoms with E-state index in [1.807, 2.05) is 12.1 Å². The maximum absolute atomic E-state index is 12.6. The normalized spacial score (nSPS) is 24.1. The van der Waals surface area contributed by atoms with E-state index in [4.69, 9.17) is 11.6 Å². The first kappa shape index (κ1) is 21.0. The van der Waals surface area contributed by atoms with Gasteiger partial charge < -0.3 is 15.5 Å². The van der Waals surface area contributed by atoms with Gasteiger partial charge in [0.2, 0.25) is 11.8 Å². The third-order valence-electron chi connectivity index (χ3n) is 5.31. The van der Waals surface area contributed by atoms with E-state index >= 15 is 0 Å². The van der Waals surface area contributed by atoms with E-state index < -0.39 is 6.04 Å². The minimum Gasteiger partial charge on any atom is -0.344 e. The Bertz CT molecular complexity index is 635. The van der Waals surface area contributed by atoms with Gasteiger partial charge in [0.1, 0.15) is 6.04 Å². The van der Waals surface area contributed by atoms with Crippen molar-refractivity contribution in [1.82, 2.24) is 10.6 Å². The van der Waals surface area contributed by atoms with Crippen LogP contribution in [0, 0.1) is 11.8 Å². The molecule has 26 heavy (non-hydrogen) atoms. The highest BCUT2D eigenvalue weighted by atomic mass is 35.5. The van der Waals surface area contributed by atoms with Crippen LogP contribution in [0.25, 0.3) is 0 Å². The van der Waals surface area contributed by atoms with Gasteiger partial charge in [0.25, 0.3) is 0 Å². The lowest BCUT2D eigenvalue weighted by Crippen LogP contribution is -2.43. The van der Waals surface area contributed by atoms with Crippen LogP contribution in [-0.4, -0.2) is 37.5 Å². The van der Waals surface area contributed by atoms with Crippen LogP contribution in [0.5, 0.6) is 0 Å². The zero-order valence-electron chi connectivity index (χ0n) is 15.0. The van der Waals surface area contributed by atoms with Crippen molar-refractivity contribution >= 4 is 41.5 Å². The Balaban J connectivity index is 0.00000243. The number of benzene rings is 1. The third-order valence-corrected chi connectivity index (χ3v) is 5.54. The van der Waals surface area contributed by atoms with Gasteiger partial charge in [0.15, 0.2) is 0 Å². The molecule has 3 rings (SSSR count). The first-order valence-electron chi connectivity index (χ1n) is 9.11. The number of piperidine rings is 1. The average Bonchev–Trinajstić information content (AvgIpc) is 2.96. The second-order valence-electron chi connectivity index (χ2n) is 7.17. The Morgan fingerprint density at radius 2 is 2.23 bits per heavy atom. The number of nitrogens with one attached hydrogen (secondary N) is 2. The molecule has 2 aliphatic heterocycles. The molecule has 0 bridgehead atoms. The number of amides is 2. The van der Waals surface area contributed by atoms with E-state index in [1.54, 1.807) is 17.0 Å². The first-order chi connectivity index (χ1) is 12.0. The highest BCUT2D eigenvalue weighted by molar-refractivity contribution is 6.31. The Hall–Kier alpha value is -1.30. The zero-order valence-corrected chi connectivity index (χ0v) is 16.6. The van der Waals surface area contributed by atoms with Gasteiger partial charge in [-0.2, -0.15) is 0 Å². The summed E-state index contributed by atoms with van der Waals surface area (Å²) in [7, 11) is 0. The molecule has 2 N–H and O–H groups in total. The molecule has 0 saturated carbocycles. The summed E-state index contributed by atoms with van der Waals surface area (Å²) in [5.74, 6) is 0.794. The molecule has 144 valence electrons. The number of nitrogens with zero attached hydrogens (tertiary/aromatic N) is 1. The van der Waals surface area contributed by atoms with Gasteiger partial charge in [-0.1, -0.05) is 24.6 Å². The summed E-state index contributed by atoms with van der Waals surface area (Å²) < 4.78 is 0. The van der Waals surface area contributed by atoms with E-state index in [0.717, 1.165) is 18.8 Å². The molecule has 2 saturated heterocycles. The molecule has 7 heteroatoms. The van der Waals surface area contributed by atoms with Crippen LogP contribution >= 0.6 is 24.0 Å². The number of halogens is 2. The van der Waals surface area contributed by atoms with E-state index in [9.17, 15) is 9.59 Å². The van der Waals surface area contributed by atoms with Crippen LogP contribution in [0.15, 0.2) is 24.3 Å². The lowest BCUT2D eigenvalue weighted by molar-refractivity contribution is -0.127. The summed E-state index contributed by atoms with van der Waals surface area (Å²) in [6.45, 7) is 4.79. The maximum atomic E-state index is 12.6. The summed E-state index contributed by atoms with van der Waals surface area (Å²) in [5, 5.41) is 6.93. The molecule has 0 spiro atoms. The largest absolute Gasteiger partial charge is 0.344 e. The molecule has 2 heterocycles. The van der Waals surface area contributed by atoms with Crippen molar-refractivity contribution in [2.24, 2.45) is 11.8 Å². The topological polar surface area (TPSA) is 61.4 Å². The fourth-order valence-electron chi connectivity index (χ4n) is 3.79. The van der Waals surface area contributed by atoms with E-state index in [1.165, 1.54) is 12.8 Å². The van der Waals surface area contributed by atoms with Gasteiger partial charge in [-0.05, 0) is 62.4 Å². The van der Waals surface area contributed by atoms with Gasteiger partial charge in [-0.15, -0.1) is 12.4 Å². The molecule has 2 fully saturated rings. The van der Waals surface area contributed by atoms with Gasteiger partial charge >= 0.3 is 0 Å². The molecule has 1 aromatic carbocycles. The second kappa shape index (κ2) is 9.58. The molecule has 0 aromatic heterocycles. The van der Waals surface area contributed by atoms with Gasteiger partial charge in [-0.3, -0.25) is 9.59 Å². The number of hydrogen-bond acceptors (Lipinski definition) is 3. The molecule has 0 aliphatic carbocycles. The predicted octanol–water partition coefficient (Wildman–Crippen LogP) is 3.01. The van der Waals surface area contributed by atoms with Gasteiger partial charge in [0, 0.05) is 23.7 Å². The fourth-order valence-corrected chi connectivity index (χ4v) is 3.98. The van der Waals surface area contributed by atoms with Crippen molar-refractivity contribution in [2.45, 2.75) is 38.6 Å². The van der Waals surface area contributed by atoms with E-state index in [-0.39, 0.29) is 24.2 Å². The van der Waals surface area contributed by atoms with Crippen LogP contribution in [0.2, 0.25) is 5.02 Å². The lowest BCUT2D eigenvalue weighted by atomic mass is 9.85. The number of hydrogen-bond donors (Lipinski definition) is 2. The van der Waals surface area contributed by atoms with Crippen LogP contribution in [0.3, 0.4) is 0 Å². The van der Waals surface area contributed by atoms with Gasteiger partial charge in [-0.25, -0.2) is 0 Å². The number of rotatable bonds is 5. The summed E-state index contributed by atoms with van der Waals surface area (Å²) >= 11 is 6.01. The predicted molar refractivity (Wildman–Crippen MR) is 107 cm³/mol. The Morgan fingerprint density at radius 3 is 2.92 bits per heavy atom. The Morgan fingerprint density at radius 1 is 1.42 bits per heavy atom. The van der Waals surface area contributed by atoms with Crippen molar-refractivity contribution < 1.29 is 9.59 Å². The monoisotopic (exact) mass is 399 g/mol. The first-order valence-corrected chi connectivity index (χ1v) is 9.49. The molecule has 2 aliphatic rings. The molecule has 2 amide bonds. The number of carbonyl (C=O) groups excluding carboxylic acids is 2. The van der Waals surface area contributed by atoms with Crippen molar-refractivity contribution in [3.05, 3.63) is 29.3 Å². The van der Waals surface area contributed by atoms with Crippen molar-refractivity contribution in [2.75, 3.05) is 24.5 Å². The van der Waals surface area contributed by atoms with Crippen LogP contribution in [0.4, 0.5) is 5.69 Å². The van der Waals surface area contributed by atoms with E-state index in [2.05, 4.69) is 17.6 Å². The van der Waals surface area contributed by atoms with Crippen molar-refractivity contribution in [3.63, 3.8) is 0 Å². The summed E-state index contributed by atoms with van der Waals surface area (Å²) in [6.07, 6.45) is 3.46. The van der Waals surface area contributed by atoms with E-state index in [0.29, 0.717) is 36.2 Å². The SMILES string of the molecule is CC(CC(=O)NC1CCN(c2cccc(Cl)c2)C1=O)C1CCCNC1.Cl. The molecular weight excluding hydrogens is 373 g/mol. The second-order valence-corrected chi connectivity index (χ2v) is 7.60. The quantitative estimate of drug-likeness (QED) is 0.799. The van der Waals surface area contributed by atoms with Crippen LogP contribution in [-0.2, 0) is 9.59 Å². The molecule has 3 unspecified atom stereocenters. The number of carbonyl (C=O) groups is 2. The molecule has 0 radical (unpaired) electrons. The highest BCUT2D eigenvalue weighted by Gasteiger charge is 2.34. The van der Waals surface area contributed by atoms with Crippen LogP contribution in [0.1, 0.15) is 32.6 Å². The van der Waals surface area contributed by atoms with Gasteiger partial charge in [0.05, 0.1) is 0 Å². The lowest BCUT2D eigenvalue weighted by Gasteiger charge is -2.28. The minimum absolute atomic E-state index is 0. The standard InChI is InChI=1S/C19H26ClN3O2.ClH/c1-13(14-4-3-8-21-12-14)10-18(24)22-17-7-9-23(19(17)25)16-6-2-5-15(20)11-16;/h2,5-6,11,13-14,17,21H,3-4,7-10,12H2,1H3,(H,22,24);1H. The minimum atomic E-state index is -0.428. The van der Waals surface area contributed by atoms with Crippen molar-refractivity contribution in [3.8, 4) is 0 Å².